The molecule has 0 aliphatic carbocycles. The second-order valence-electron chi connectivity index (χ2n) is 17.7. The van der Waals surface area contributed by atoms with Crippen molar-refractivity contribution in [1.29, 1.82) is 5.26 Å². The number of fused-ring (bicyclic) bond motifs is 6. The summed E-state index contributed by atoms with van der Waals surface area (Å²) in [5, 5.41) is 14.3. The average Bonchev–Trinajstić information content (AvgIpc) is 3.97. The monoisotopic (exact) mass is 1140 g/mol. The number of benzene rings is 8. The van der Waals surface area contributed by atoms with Crippen LogP contribution in [0.25, 0.3) is 93.5 Å². The number of pyridine rings is 2. The number of hydrogen-bond acceptors (Lipinski definition) is 3. The van der Waals surface area contributed by atoms with E-state index in [2.05, 4.69) is 201 Å². The summed E-state index contributed by atoms with van der Waals surface area (Å²) < 4.78 is 4.72. The van der Waals surface area contributed by atoms with E-state index in [1.165, 1.54) is 66.1 Å². The number of nitriles is 1. The molecule has 0 aliphatic rings. The molecule has 4 heterocycles. The van der Waals surface area contributed by atoms with Gasteiger partial charge in [-0.3, -0.25) is 4.85 Å². The Hall–Kier alpha value is -8.18. The summed E-state index contributed by atoms with van der Waals surface area (Å²) >= 11 is 0. The molecule has 4 aromatic heterocycles. The van der Waals surface area contributed by atoms with Crippen LogP contribution in [-0.4, -0.2) is 33.0 Å². The molecule has 0 fully saturated rings. The van der Waals surface area contributed by atoms with E-state index in [0.717, 1.165) is 33.9 Å². The number of nitrogens with zero attached hydrogens (tertiary/aromatic N) is 6. The van der Waals surface area contributed by atoms with Gasteiger partial charge in [0.2, 0.25) is 0 Å². The zero-order chi connectivity index (χ0) is 49.6. The predicted molar refractivity (Wildman–Crippen MR) is 301 cm³/mol. The van der Waals surface area contributed by atoms with Crippen LogP contribution in [0, 0.1) is 30.0 Å². The molecule has 8 aromatic carbocycles. The van der Waals surface area contributed by atoms with Crippen LogP contribution >= 0.6 is 9.24 Å². The van der Waals surface area contributed by atoms with Crippen LogP contribution in [0.5, 0.6) is 0 Å². The van der Waals surface area contributed by atoms with Crippen molar-refractivity contribution in [1.82, 2.24) is 19.1 Å². The molecule has 0 spiro atoms. The van der Waals surface area contributed by atoms with Crippen molar-refractivity contribution >= 4 is 66.4 Å². The maximum atomic E-state index is 9.18. The van der Waals surface area contributed by atoms with Crippen molar-refractivity contribution in [2.24, 2.45) is 0 Å². The first kappa shape index (κ1) is 49.8. The molecule has 12 rings (SSSR count). The van der Waals surface area contributed by atoms with Crippen molar-refractivity contribution in [3.8, 4) is 51.1 Å². The molecular weight excluding hydrogens is 1090 g/mol. The maximum Gasteiger partial charge on any atom is 2.00 e. The molecule has 9 heteroatoms. The summed E-state index contributed by atoms with van der Waals surface area (Å²) in [6.07, 6.45) is 0. The molecule has 0 N–H and O–H groups in total. The third-order valence-electron chi connectivity index (χ3n) is 12.9. The zero-order valence-electron chi connectivity index (χ0n) is 40.1. The van der Waals surface area contributed by atoms with Crippen molar-refractivity contribution in [2.75, 3.05) is 6.06 Å². The van der Waals surface area contributed by atoms with Gasteiger partial charge in [0.15, 0.2) is 0 Å². The van der Waals surface area contributed by atoms with Gasteiger partial charge in [-0.1, -0.05) is 127 Å². The van der Waals surface area contributed by atoms with Gasteiger partial charge in [-0.05, 0) is 103 Å². The minimum atomic E-state index is -0.462. The van der Waals surface area contributed by atoms with Crippen molar-refractivity contribution in [3.63, 3.8) is 0 Å². The van der Waals surface area contributed by atoms with E-state index in [1.807, 2.05) is 36.4 Å². The maximum absolute atomic E-state index is 9.18. The Labute approximate surface area is 444 Å². The van der Waals surface area contributed by atoms with Gasteiger partial charge in [-0.25, -0.2) is 0 Å². The van der Waals surface area contributed by atoms with E-state index in [-0.39, 0.29) is 21.1 Å². The Morgan fingerprint density at radius 2 is 0.932 bits per heavy atom. The Morgan fingerprint density at radius 3 is 1.33 bits per heavy atom. The SMILES string of the molecule is [B]CP.[C-]#[N+]c1cc[c-]c(-c2cccc(C(C)(C)c3cccc(-c4[c-]ccc(C#N)c4)n3)n2)c1.[Pt+2].c1ccc2c(c1)c1ccccc1n2-c1ccc(-c2ccc(-n3c4ccccc4c4ccccc43)cc2)cc1. The average molecular weight is 1140 g/mol. The fourth-order valence-electron chi connectivity index (χ4n) is 9.36. The molecule has 0 amide bonds. The third-order valence-corrected chi connectivity index (χ3v) is 12.9. The third kappa shape index (κ3) is 10.0. The molecule has 0 saturated carbocycles. The minimum Gasteiger partial charge on any atom is -0.309 e. The van der Waals surface area contributed by atoms with E-state index in [1.54, 1.807) is 36.4 Å². The quantitative estimate of drug-likeness (QED) is 0.0907. The largest absolute Gasteiger partial charge is 2.00 e. The first-order valence-corrected chi connectivity index (χ1v) is 24.5. The Morgan fingerprint density at radius 1 is 0.548 bits per heavy atom. The first-order chi connectivity index (χ1) is 35.3. The summed E-state index contributed by atoms with van der Waals surface area (Å²) in [6.45, 7) is 11.4. The number of rotatable bonds is 7. The van der Waals surface area contributed by atoms with Crippen molar-refractivity contribution in [2.45, 2.75) is 19.3 Å². The van der Waals surface area contributed by atoms with Gasteiger partial charge in [-0.2, -0.15) is 11.3 Å². The molecule has 6 nitrogen and oxygen atoms in total. The number of hydrogen-bond donors (Lipinski definition) is 0. The van der Waals surface area contributed by atoms with E-state index in [4.69, 9.17) is 24.4 Å². The number of para-hydroxylation sites is 4. The fraction of sp³-hybridized carbons (Fsp3) is 0.0625. The zero-order valence-corrected chi connectivity index (χ0v) is 43.6. The van der Waals surface area contributed by atoms with Crippen LogP contribution in [0.3, 0.4) is 0 Å². The normalized spacial score (nSPS) is 10.9. The van der Waals surface area contributed by atoms with Crippen LogP contribution in [0.4, 0.5) is 5.69 Å². The van der Waals surface area contributed by atoms with Crippen molar-refractivity contribution < 1.29 is 21.1 Å². The van der Waals surface area contributed by atoms with Gasteiger partial charge in [0.05, 0.1) is 42.6 Å². The smallest absolute Gasteiger partial charge is 0.309 e. The van der Waals surface area contributed by atoms with Crippen LogP contribution in [-0.2, 0) is 26.5 Å². The summed E-state index contributed by atoms with van der Waals surface area (Å²) in [5.41, 5.74) is 15.2. The summed E-state index contributed by atoms with van der Waals surface area (Å²) in [7, 11) is 7.17. The second-order valence-corrected chi connectivity index (χ2v) is 18.2. The Kier molecular flexibility index (Phi) is 15.1. The Balaban J connectivity index is 0.000000172. The van der Waals surface area contributed by atoms with Crippen LogP contribution in [0.2, 0.25) is 0 Å². The minimum absolute atomic E-state index is 0. The standard InChI is InChI=1S/C36H24N2.C27H18N4.CH4BP.Pt/c1-5-13-33-29(9-1)30-10-2-6-14-34(30)37(33)27-21-17-25(18-22-27)26-19-23-28(24-20-26)38-35-15-7-3-11-31(35)32-12-4-8-16-36(32)38;1-27(2,25-14-6-12-23(30-25)20-9-4-8-19(16-20)18-28)26-15-7-13-24(31-26)21-10-5-11-22(17-21)29-3;2-1-3;/h1-24H;4-8,11-17H,1-2H3;1,3H2;/q;-2;;+2. The Bertz CT molecular complexity index is 3630. The number of aromatic nitrogens is 4. The molecule has 0 bridgehead atoms. The first-order valence-electron chi connectivity index (χ1n) is 23.6. The molecule has 1 atom stereocenters. The van der Waals surface area contributed by atoms with Gasteiger partial charge in [-0.15, -0.1) is 62.8 Å². The van der Waals surface area contributed by atoms with Gasteiger partial charge >= 0.3 is 21.1 Å². The van der Waals surface area contributed by atoms with Crippen molar-refractivity contribution in [3.05, 3.63) is 259 Å². The van der Waals surface area contributed by atoms with Gasteiger partial charge < -0.3 is 19.1 Å². The molecule has 1 unspecified atom stereocenters. The fourth-order valence-corrected chi connectivity index (χ4v) is 9.36. The second kappa shape index (κ2) is 22.1. The molecule has 12 aromatic rings. The summed E-state index contributed by atoms with van der Waals surface area (Å²) in [4.78, 5) is 13.2. The topological polar surface area (TPSA) is 63.8 Å². The molecular formula is C64H46BN6PPt. The van der Waals surface area contributed by atoms with Gasteiger partial charge in [0, 0.05) is 49.7 Å². The predicted octanol–water partition coefficient (Wildman–Crippen LogP) is 15.7. The summed E-state index contributed by atoms with van der Waals surface area (Å²) in [5.74, 6) is 0. The van der Waals surface area contributed by atoms with Crippen LogP contribution in [0.1, 0.15) is 30.8 Å². The molecule has 350 valence electrons. The molecule has 73 heavy (non-hydrogen) atoms. The van der Waals surface area contributed by atoms with Gasteiger partial charge in [0.1, 0.15) is 5.69 Å². The van der Waals surface area contributed by atoms with Gasteiger partial charge in [0.25, 0.3) is 0 Å². The van der Waals surface area contributed by atoms with Crippen LogP contribution < -0.4 is 0 Å². The van der Waals surface area contributed by atoms with E-state index >= 15 is 0 Å². The molecule has 2 radical (unpaired) electrons. The van der Waals surface area contributed by atoms with E-state index < -0.39 is 5.41 Å². The molecule has 0 aliphatic heterocycles. The van der Waals surface area contributed by atoms with E-state index in [9.17, 15) is 5.26 Å². The summed E-state index contributed by atoms with van der Waals surface area (Å²) in [6, 6.07) is 83.9. The molecule has 0 saturated heterocycles. The van der Waals surface area contributed by atoms with E-state index in [0.29, 0.717) is 17.3 Å². The van der Waals surface area contributed by atoms with Crippen LogP contribution in [0.15, 0.2) is 218 Å².